The van der Waals surface area contributed by atoms with E-state index in [-0.39, 0.29) is 5.41 Å². The van der Waals surface area contributed by atoms with Gasteiger partial charge in [-0.1, -0.05) is 196 Å². The molecule has 10 aromatic rings. The second-order valence-electron chi connectivity index (χ2n) is 17.0. The zero-order chi connectivity index (χ0) is 41.8. The van der Waals surface area contributed by atoms with Crippen molar-refractivity contribution in [3.63, 3.8) is 0 Å². The number of hydrogen-bond donors (Lipinski definition) is 0. The van der Waals surface area contributed by atoms with E-state index in [0.29, 0.717) is 0 Å². The van der Waals surface area contributed by atoms with Gasteiger partial charge in [0.1, 0.15) is 0 Å². The molecule has 0 atom stereocenters. The van der Waals surface area contributed by atoms with Gasteiger partial charge >= 0.3 is 0 Å². The third kappa shape index (κ3) is 6.26. The lowest BCUT2D eigenvalue weighted by atomic mass is 9.82. The van der Waals surface area contributed by atoms with E-state index < -0.39 is 0 Å². The van der Waals surface area contributed by atoms with Crippen LogP contribution in [0.15, 0.2) is 224 Å². The van der Waals surface area contributed by atoms with E-state index in [4.69, 9.17) is 0 Å². The first kappa shape index (κ1) is 37.3. The summed E-state index contributed by atoms with van der Waals surface area (Å²) in [5, 5.41) is 2.46. The summed E-state index contributed by atoms with van der Waals surface area (Å²) in [5.41, 5.74) is 20.6. The molecule has 0 N–H and O–H groups in total. The zero-order valence-electron chi connectivity index (χ0n) is 35.3. The molecule has 296 valence electrons. The summed E-state index contributed by atoms with van der Waals surface area (Å²) in [6.07, 6.45) is 0. The highest BCUT2D eigenvalue weighted by Crippen LogP contribution is 2.52. The Kier molecular flexibility index (Phi) is 9.09. The van der Waals surface area contributed by atoms with E-state index in [1.54, 1.807) is 0 Å². The molecule has 0 unspecified atom stereocenters. The van der Waals surface area contributed by atoms with E-state index in [1.807, 2.05) is 0 Å². The molecule has 1 aliphatic rings. The van der Waals surface area contributed by atoms with Gasteiger partial charge in [-0.3, -0.25) is 0 Å². The van der Waals surface area contributed by atoms with E-state index in [0.717, 1.165) is 22.6 Å². The minimum Gasteiger partial charge on any atom is -0.343 e. The fraction of sp³-hybridized carbons (Fsp3) is 0.0667. The van der Waals surface area contributed by atoms with Crippen LogP contribution < -0.4 is 4.90 Å². The van der Waals surface area contributed by atoms with Crippen LogP contribution in [-0.4, -0.2) is 4.57 Å². The van der Waals surface area contributed by atoms with Crippen LogP contribution in [0.2, 0.25) is 0 Å². The summed E-state index contributed by atoms with van der Waals surface area (Å²) in [4.78, 5) is 2.41. The van der Waals surface area contributed by atoms with Gasteiger partial charge in [-0.05, 0) is 109 Å². The normalized spacial score (nSPS) is 12.6. The minimum atomic E-state index is -0.118. The molecule has 0 spiro atoms. The molecule has 2 heteroatoms. The van der Waals surface area contributed by atoms with Gasteiger partial charge in [0.15, 0.2) is 0 Å². The van der Waals surface area contributed by atoms with Crippen LogP contribution in [0.5, 0.6) is 0 Å². The van der Waals surface area contributed by atoms with Gasteiger partial charge in [-0.25, -0.2) is 0 Å². The van der Waals surface area contributed by atoms with Crippen LogP contribution in [0.4, 0.5) is 17.1 Å². The molecular formula is C60H46N2. The van der Waals surface area contributed by atoms with Crippen molar-refractivity contribution in [2.75, 3.05) is 4.90 Å². The van der Waals surface area contributed by atoms with Gasteiger partial charge in [-0.2, -0.15) is 0 Å². The molecule has 0 aliphatic heterocycles. The quantitative estimate of drug-likeness (QED) is 0.149. The standard InChI is InChI=1S/C60H46N2/c1-60(2)54-26-16-15-25-52(54)53-38-37-51(40-55(53)60)62(49-33-29-43(30-34-49)41-17-7-4-8-18-41)50-35-31-46(32-36-50)59-57(48-28-27-42-19-13-14-24-47(42)39-48)56(44-20-9-5-10-21-44)58(61(59)3)45-22-11-6-12-23-45/h4-40H,1-3H3. The number of rotatable bonds is 8. The largest absolute Gasteiger partial charge is 0.343 e. The van der Waals surface area contributed by atoms with E-state index in [1.165, 1.54) is 83.4 Å². The van der Waals surface area contributed by atoms with Crippen molar-refractivity contribution in [3.8, 4) is 67.0 Å². The first-order chi connectivity index (χ1) is 30.4. The van der Waals surface area contributed by atoms with Crippen molar-refractivity contribution in [3.05, 3.63) is 236 Å². The van der Waals surface area contributed by atoms with E-state index >= 15 is 0 Å². The van der Waals surface area contributed by atoms with Crippen LogP contribution >= 0.6 is 0 Å². The Hall–Kier alpha value is -7.68. The van der Waals surface area contributed by atoms with Gasteiger partial charge in [-0.15, -0.1) is 0 Å². The molecule has 0 radical (unpaired) electrons. The van der Waals surface area contributed by atoms with Crippen LogP contribution in [0.1, 0.15) is 25.0 Å². The second-order valence-corrected chi connectivity index (χ2v) is 17.0. The van der Waals surface area contributed by atoms with Crippen LogP contribution in [0.3, 0.4) is 0 Å². The number of anilines is 3. The van der Waals surface area contributed by atoms with Gasteiger partial charge in [0.2, 0.25) is 0 Å². The fourth-order valence-corrected chi connectivity index (χ4v) is 9.95. The molecule has 11 rings (SSSR count). The minimum absolute atomic E-state index is 0.118. The second kappa shape index (κ2) is 15.1. The Morgan fingerprint density at radius 2 is 0.790 bits per heavy atom. The molecule has 0 saturated carbocycles. The SMILES string of the molecule is Cn1c(-c2ccccc2)c(-c2ccccc2)c(-c2ccc3ccccc3c2)c1-c1ccc(N(c2ccc(-c3ccccc3)cc2)c2ccc3c(c2)C(C)(C)c2ccccc2-3)cc1. The maximum absolute atomic E-state index is 2.42. The van der Waals surface area contributed by atoms with E-state index in [2.05, 4.69) is 255 Å². The fourth-order valence-electron chi connectivity index (χ4n) is 9.95. The van der Waals surface area contributed by atoms with Crippen molar-refractivity contribution in [2.24, 2.45) is 7.05 Å². The number of nitrogens with zero attached hydrogens (tertiary/aromatic N) is 2. The summed E-state index contributed by atoms with van der Waals surface area (Å²) in [6.45, 7) is 4.71. The van der Waals surface area contributed by atoms with Crippen molar-refractivity contribution in [2.45, 2.75) is 19.3 Å². The average molecular weight is 795 g/mol. The van der Waals surface area contributed by atoms with Crippen molar-refractivity contribution in [1.82, 2.24) is 4.57 Å². The highest BCUT2D eigenvalue weighted by Gasteiger charge is 2.36. The molecule has 1 heterocycles. The van der Waals surface area contributed by atoms with Gasteiger partial charge < -0.3 is 9.47 Å². The first-order valence-corrected chi connectivity index (χ1v) is 21.6. The summed E-state index contributed by atoms with van der Waals surface area (Å²) in [7, 11) is 2.23. The Balaban J connectivity index is 1.10. The predicted octanol–water partition coefficient (Wildman–Crippen LogP) is 16.3. The number of benzene rings is 9. The molecule has 0 bridgehead atoms. The van der Waals surface area contributed by atoms with Gasteiger partial charge in [0, 0.05) is 40.7 Å². The van der Waals surface area contributed by atoms with Crippen LogP contribution in [0, 0.1) is 0 Å². The molecule has 0 fully saturated rings. The van der Waals surface area contributed by atoms with Gasteiger partial charge in [0.05, 0.1) is 11.4 Å². The molecule has 0 amide bonds. The monoisotopic (exact) mass is 794 g/mol. The summed E-state index contributed by atoms with van der Waals surface area (Å²) in [5.74, 6) is 0. The zero-order valence-corrected chi connectivity index (χ0v) is 35.3. The smallest absolute Gasteiger partial charge is 0.0568 e. The molecule has 0 saturated heterocycles. The maximum Gasteiger partial charge on any atom is 0.0568 e. The molecular weight excluding hydrogens is 749 g/mol. The van der Waals surface area contributed by atoms with Crippen LogP contribution in [-0.2, 0) is 12.5 Å². The lowest BCUT2D eigenvalue weighted by Gasteiger charge is -2.28. The highest BCUT2D eigenvalue weighted by atomic mass is 15.1. The maximum atomic E-state index is 2.42. The number of hydrogen-bond acceptors (Lipinski definition) is 1. The average Bonchev–Trinajstić information content (AvgIpc) is 3.77. The molecule has 2 nitrogen and oxygen atoms in total. The first-order valence-electron chi connectivity index (χ1n) is 21.6. The number of aromatic nitrogens is 1. The molecule has 1 aromatic heterocycles. The van der Waals surface area contributed by atoms with Crippen LogP contribution in [0.25, 0.3) is 77.8 Å². The lowest BCUT2D eigenvalue weighted by Crippen LogP contribution is -2.16. The Bertz CT molecular complexity index is 3230. The predicted molar refractivity (Wildman–Crippen MR) is 262 cm³/mol. The van der Waals surface area contributed by atoms with Gasteiger partial charge in [0.25, 0.3) is 0 Å². The highest BCUT2D eigenvalue weighted by molar-refractivity contribution is 6.04. The molecule has 62 heavy (non-hydrogen) atoms. The summed E-state index contributed by atoms with van der Waals surface area (Å²) < 4.78 is 2.41. The van der Waals surface area contributed by atoms with Crippen molar-refractivity contribution >= 4 is 27.8 Å². The molecule has 1 aliphatic carbocycles. The Morgan fingerprint density at radius 3 is 1.45 bits per heavy atom. The Morgan fingerprint density at radius 1 is 0.339 bits per heavy atom. The number of fused-ring (bicyclic) bond motifs is 4. The summed E-state index contributed by atoms with van der Waals surface area (Å²) in [6, 6.07) is 82.1. The van der Waals surface area contributed by atoms with Crippen molar-refractivity contribution < 1.29 is 0 Å². The summed E-state index contributed by atoms with van der Waals surface area (Å²) >= 11 is 0. The third-order valence-electron chi connectivity index (χ3n) is 13.0. The molecule has 9 aromatic carbocycles. The Labute approximate surface area is 364 Å². The van der Waals surface area contributed by atoms with E-state index in [9.17, 15) is 0 Å². The van der Waals surface area contributed by atoms with Crippen molar-refractivity contribution in [1.29, 1.82) is 0 Å². The lowest BCUT2D eigenvalue weighted by molar-refractivity contribution is 0.660. The topological polar surface area (TPSA) is 8.17 Å². The third-order valence-corrected chi connectivity index (χ3v) is 13.0.